The minimum absolute atomic E-state index is 0.429. The Morgan fingerprint density at radius 2 is 2.21 bits per heavy atom. The van der Waals surface area contributed by atoms with Crippen LogP contribution in [0.3, 0.4) is 0 Å². The van der Waals surface area contributed by atoms with Crippen LogP contribution in [0.2, 0.25) is 5.02 Å². The first-order valence-corrected chi connectivity index (χ1v) is 7.54. The van der Waals surface area contributed by atoms with Gasteiger partial charge in [0.2, 0.25) is 0 Å². The highest BCUT2D eigenvalue weighted by atomic mass is 35.5. The predicted octanol–water partition coefficient (Wildman–Crippen LogP) is 3.53. The van der Waals surface area contributed by atoms with E-state index < -0.39 is 0 Å². The van der Waals surface area contributed by atoms with E-state index in [1.165, 1.54) is 23.1 Å². The summed E-state index contributed by atoms with van der Waals surface area (Å²) in [4.78, 5) is 4.31. The molecule has 0 saturated heterocycles. The average molecular weight is 311 g/mol. The van der Waals surface area contributed by atoms with Gasteiger partial charge in [0, 0.05) is 0 Å². The van der Waals surface area contributed by atoms with Crippen LogP contribution in [0.5, 0.6) is 0 Å². The summed E-state index contributed by atoms with van der Waals surface area (Å²) >= 11 is 9.08. The molecule has 0 aliphatic carbocycles. The number of nitrogens with zero attached hydrogens (tertiary/aromatic N) is 4. The van der Waals surface area contributed by atoms with Gasteiger partial charge in [0.15, 0.2) is 10.2 Å². The Morgan fingerprint density at radius 3 is 3.00 bits per heavy atom. The lowest BCUT2D eigenvalue weighted by Crippen LogP contribution is -1.84. The lowest BCUT2D eigenvalue weighted by atomic mass is 10.2. The van der Waals surface area contributed by atoms with E-state index in [4.69, 9.17) is 16.1 Å². The second-order valence-corrected chi connectivity index (χ2v) is 5.95. The maximum atomic E-state index is 6.08. The number of hydrogen-bond acceptors (Lipinski definition) is 7. The van der Waals surface area contributed by atoms with Crippen LogP contribution < -0.4 is 0 Å². The summed E-state index contributed by atoms with van der Waals surface area (Å²) in [5, 5.41) is 12.2. The van der Waals surface area contributed by atoms with Gasteiger partial charge in [-0.2, -0.15) is 4.98 Å². The van der Waals surface area contributed by atoms with Crippen LogP contribution in [0.15, 0.2) is 38.6 Å². The monoisotopic (exact) mass is 310 g/mol. The van der Waals surface area contributed by atoms with Crippen LogP contribution in [0.1, 0.15) is 5.82 Å². The van der Waals surface area contributed by atoms with E-state index in [0.717, 1.165) is 9.90 Å². The first kappa shape index (κ1) is 12.6. The topological polar surface area (TPSA) is 64.7 Å². The fourth-order valence-corrected chi connectivity index (χ4v) is 2.96. The second-order valence-electron chi connectivity index (χ2n) is 3.49. The molecule has 3 aromatic rings. The number of benzene rings is 1. The van der Waals surface area contributed by atoms with Crippen LogP contribution in [0.4, 0.5) is 0 Å². The van der Waals surface area contributed by atoms with E-state index in [1.54, 1.807) is 11.6 Å². The van der Waals surface area contributed by atoms with Crippen molar-refractivity contribution in [3.8, 4) is 11.5 Å². The molecule has 0 amide bonds. The van der Waals surface area contributed by atoms with Crippen molar-refractivity contribution in [3.05, 3.63) is 40.6 Å². The largest absolute Gasteiger partial charge is 0.334 e. The highest BCUT2D eigenvalue weighted by Crippen LogP contribution is 2.27. The summed E-state index contributed by atoms with van der Waals surface area (Å²) in [5.41, 5.74) is 2.43. The van der Waals surface area contributed by atoms with E-state index in [2.05, 4.69) is 20.3 Å². The van der Waals surface area contributed by atoms with Crippen molar-refractivity contribution in [2.45, 2.75) is 10.1 Å². The first-order valence-electron chi connectivity index (χ1n) is 5.29. The number of rotatable bonds is 4. The van der Waals surface area contributed by atoms with Gasteiger partial charge in [-0.1, -0.05) is 52.0 Å². The van der Waals surface area contributed by atoms with Crippen molar-refractivity contribution < 1.29 is 4.52 Å². The Balaban J connectivity index is 1.75. The minimum atomic E-state index is 0.429. The highest BCUT2D eigenvalue weighted by Gasteiger charge is 2.12. The van der Waals surface area contributed by atoms with E-state index in [9.17, 15) is 0 Å². The van der Waals surface area contributed by atoms with Gasteiger partial charge in [0.1, 0.15) is 5.51 Å². The Labute approximate surface area is 122 Å². The Kier molecular flexibility index (Phi) is 3.77. The molecular weight excluding hydrogens is 304 g/mol. The SMILES string of the molecule is Clc1ccccc1-c1nc(CSc2nncs2)no1. The molecule has 0 fully saturated rings. The van der Waals surface area contributed by atoms with Crippen molar-refractivity contribution in [1.29, 1.82) is 0 Å². The molecule has 0 N–H and O–H groups in total. The van der Waals surface area contributed by atoms with Crippen molar-refractivity contribution in [2.24, 2.45) is 0 Å². The van der Waals surface area contributed by atoms with Crippen LogP contribution in [0, 0.1) is 0 Å². The molecule has 2 heterocycles. The number of halogens is 1. The lowest BCUT2D eigenvalue weighted by Gasteiger charge is -1.95. The van der Waals surface area contributed by atoms with Crippen LogP contribution >= 0.6 is 34.7 Å². The molecule has 2 aromatic heterocycles. The third-order valence-corrected chi connectivity index (χ3v) is 4.42. The average Bonchev–Trinajstić information content (AvgIpc) is 3.08. The van der Waals surface area contributed by atoms with Crippen LogP contribution in [-0.2, 0) is 5.75 Å². The smallest absolute Gasteiger partial charge is 0.259 e. The molecule has 0 aliphatic rings. The minimum Gasteiger partial charge on any atom is -0.334 e. The fourth-order valence-electron chi connectivity index (χ4n) is 1.41. The summed E-state index contributed by atoms with van der Waals surface area (Å²) in [5.74, 6) is 1.62. The third kappa shape index (κ3) is 2.94. The van der Waals surface area contributed by atoms with Crippen LogP contribution in [-0.4, -0.2) is 20.3 Å². The third-order valence-electron chi connectivity index (χ3n) is 2.24. The first-order chi connectivity index (χ1) is 9.33. The molecule has 1 aromatic carbocycles. The fraction of sp³-hybridized carbons (Fsp3) is 0.0909. The molecule has 8 heteroatoms. The second kappa shape index (κ2) is 5.68. The van der Waals surface area contributed by atoms with Gasteiger partial charge in [-0.25, -0.2) is 0 Å². The molecule has 0 bridgehead atoms. The molecule has 19 heavy (non-hydrogen) atoms. The van der Waals surface area contributed by atoms with Crippen molar-refractivity contribution in [3.63, 3.8) is 0 Å². The van der Waals surface area contributed by atoms with Gasteiger partial charge in [0.25, 0.3) is 5.89 Å². The maximum absolute atomic E-state index is 6.08. The van der Waals surface area contributed by atoms with Gasteiger partial charge >= 0.3 is 0 Å². The van der Waals surface area contributed by atoms with E-state index in [-0.39, 0.29) is 0 Å². The summed E-state index contributed by atoms with van der Waals surface area (Å²) in [7, 11) is 0. The van der Waals surface area contributed by atoms with Gasteiger partial charge in [-0.15, -0.1) is 10.2 Å². The Bertz CT molecular complexity index is 671. The van der Waals surface area contributed by atoms with Crippen molar-refractivity contribution in [1.82, 2.24) is 20.3 Å². The predicted molar refractivity (Wildman–Crippen MR) is 74.2 cm³/mol. The summed E-state index contributed by atoms with van der Waals surface area (Å²) in [6.07, 6.45) is 0. The zero-order valence-corrected chi connectivity index (χ0v) is 11.9. The molecule has 5 nitrogen and oxygen atoms in total. The number of hydrogen-bond donors (Lipinski definition) is 0. The van der Waals surface area contributed by atoms with E-state index in [1.807, 2.05) is 18.2 Å². The van der Waals surface area contributed by atoms with Crippen molar-refractivity contribution in [2.75, 3.05) is 0 Å². The molecular formula is C11H7ClN4OS2. The molecule has 0 saturated carbocycles. The zero-order valence-electron chi connectivity index (χ0n) is 9.49. The van der Waals surface area contributed by atoms with Gasteiger partial charge < -0.3 is 4.52 Å². The molecule has 0 radical (unpaired) electrons. The lowest BCUT2D eigenvalue weighted by molar-refractivity contribution is 0.425. The maximum Gasteiger partial charge on any atom is 0.259 e. The van der Waals surface area contributed by atoms with Crippen LogP contribution in [0.25, 0.3) is 11.5 Å². The summed E-state index contributed by atoms with van der Waals surface area (Å²) in [6, 6.07) is 7.36. The van der Waals surface area contributed by atoms with Gasteiger partial charge in [0.05, 0.1) is 16.3 Å². The Hall–Kier alpha value is -1.44. The summed E-state index contributed by atoms with van der Waals surface area (Å²) < 4.78 is 6.09. The standard InChI is InChI=1S/C11H7ClN4OS2/c12-8-4-2-1-3-7(8)10-14-9(16-17-10)5-18-11-15-13-6-19-11/h1-4,6H,5H2. The normalized spacial score (nSPS) is 10.8. The van der Waals surface area contributed by atoms with E-state index >= 15 is 0 Å². The quantitative estimate of drug-likeness (QED) is 0.687. The van der Waals surface area contributed by atoms with Crippen molar-refractivity contribution >= 4 is 34.7 Å². The van der Waals surface area contributed by atoms with Gasteiger partial charge in [-0.05, 0) is 12.1 Å². The highest BCUT2D eigenvalue weighted by molar-refractivity contribution is 8.00. The summed E-state index contributed by atoms with van der Waals surface area (Å²) in [6.45, 7) is 0. The van der Waals surface area contributed by atoms with E-state index in [0.29, 0.717) is 22.5 Å². The molecule has 0 atom stereocenters. The molecule has 3 rings (SSSR count). The molecule has 96 valence electrons. The van der Waals surface area contributed by atoms with Gasteiger partial charge in [-0.3, -0.25) is 0 Å². The molecule has 0 aliphatic heterocycles. The molecule has 0 spiro atoms. The zero-order chi connectivity index (χ0) is 13.1. The number of thioether (sulfide) groups is 1. The molecule has 0 unspecified atom stereocenters. The Morgan fingerprint density at radius 1 is 1.32 bits per heavy atom. The number of aromatic nitrogens is 4.